The van der Waals surface area contributed by atoms with Crippen LogP contribution in [-0.4, -0.2) is 93.3 Å². The summed E-state index contributed by atoms with van der Waals surface area (Å²) in [6.45, 7) is 0.732. The van der Waals surface area contributed by atoms with Gasteiger partial charge in [0.15, 0.2) is 11.4 Å². The van der Waals surface area contributed by atoms with Crippen molar-refractivity contribution in [2.75, 3.05) is 27.7 Å². The van der Waals surface area contributed by atoms with E-state index in [0.29, 0.717) is 6.61 Å². The Hall–Kier alpha value is -3.32. The number of fused-ring (bicyclic) bond motifs is 3. The summed E-state index contributed by atoms with van der Waals surface area (Å²) in [5, 5.41) is 44.5. The van der Waals surface area contributed by atoms with E-state index in [9.17, 15) is 34.8 Å². The van der Waals surface area contributed by atoms with Crippen molar-refractivity contribution in [2.45, 2.75) is 50.1 Å². The van der Waals surface area contributed by atoms with Crippen LogP contribution in [-0.2, 0) is 27.3 Å². The molecule has 0 spiro atoms. The molecule has 1 aromatic carbocycles. The highest BCUT2D eigenvalue weighted by Crippen LogP contribution is 2.52. The third kappa shape index (κ3) is 3.88. The van der Waals surface area contributed by atoms with Crippen LogP contribution in [0, 0.1) is 17.7 Å². The van der Waals surface area contributed by atoms with E-state index in [2.05, 4.69) is 0 Å². The number of ether oxygens (including phenoxy) is 1. The Labute approximate surface area is 223 Å². The molecule has 39 heavy (non-hydrogen) atoms. The van der Waals surface area contributed by atoms with E-state index in [1.54, 1.807) is 21.1 Å². The van der Waals surface area contributed by atoms with Crippen LogP contribution < -0.4 is 5.73 Å². The maximum atomic E-state index is 15.9. The van der Waals surface area contributed by atoms with Gasteiger partial charge in [0, 0.05) is 35.8 Å². The standard InChI is InChI=1S/C27H32FN3O8/c1-30(2)21-14-8-11-7-13-18(15(32)9-12(20(13)28)10-31(3)16-5-4-6-39-16)22(33)17(11)24(35)27(14,38)25(36)19(23(21)34)26(29)37/h9,11,14,16,21,32,34-35,38H,4-8,10H2,1-3H3,(H2,29,37)/t11-,14-,16+,21-,27-/m0/s1. The molecule has 5 atom stereocenters. The molecule has 12 heteroatoms. The summed E-state index contributed by atoms with van der Waals surface area (Å²) in [5.41, 5.74) is 1.19. The molecule has 1 heterocycles. The van der Waals surface area contributed by atoms with Gasteiger partial charge in [0.2, 0.25) is 5.78 Å². The number of aliphatic hydroxyl groups excluding tert-OH is 2. The number of phenols is 1. The first-order valence-electron chi connectivity index (χ1n) is 12.8. The van der Waals surface area contributed by atoms with Crippen molar-refractivity contribution in [3.63, 3.8) is 0 Å². The number of carbonyl (C=O) groups excluding carboxylic acids is 3. The number of aromatic hydroxyl groups is 1. The van der Waals surface area contributed by atoms with E-state index in [1.165, 1.54) is 4.90 Å². The lowest BCUT2D eigenvalue weighted by atomic mass is 9.58. The van der Waals surface area contributed by atoms with Gasteiger partial charge in [-0.3, -0.25) is 24.2 Å². The first-order valence-corrected chi connectivity index (χ1v) is 12.8. The smallest absolute Gasteiger partial charge is 0.255 e. The summed E-state index contributed by atoms with van der Waals surface area (Å²) in [6, 6.07) is 0.0512. The highest BCUT2D eigenvalue weighted by atomic mass is 19.1. The molecular formula is C27H32FN3O8. The Morgan fingerprint density at radius 2 is 1.92 bits per heavy atom. The summed E-state index contributed by atoms with van der Waals surface area (Å²) in [5.74, 6) is -8.34. The third-order valence-corrected chi connectivity index (χ3v) is 8.55. The van der Waals surface area contributed by atoms with Crippen molar-refractivity contribution < 1.29 is 43.9 Å². The first kappa shape index (κ1) is 27.3. The number of hydrogen-bond donors (Lipinski definition) is 5. The summed E-state index contributed by atoms with van der Waals surface area (Å²) in [4.78, 5) is 42.3. The van der Waals surface area contributed by atoms with Crippen LogP contribution >= 0.6 is 0 Å². The molecule has 0 unspecified atom stereocenters. The number of benzene rings is 1. The Morgan fingerprint density at radius 1 is 1.23 bits per heavy atom. The molecule has 11 nitrogen and oxygen atoms in total. The molecule has 4 aliphatic rings. The lowest BCUT2D eigenvalue weighted by Crippen LogP contribution is -2.63. The number of ketones is 2. The Kier molecular flexibility index (Phi) is 6.57. The van der Waals surface area contributed by atoms with E-state index in [-0.39, 0.29) is 47.9 Å². The Morgan fingerprint density at radius 3 is 2.51 bits per heavy atom. The lowest BCUT2D eigenvalue weighted by Gasteiger charge is -2.50. The van der Waals surface area contributed by atoms with Crippen molar-refractivity contribution in [1.29, 1.82) is 0 Å². The van der Waals surface area contributed by atoms with Gasteiger partial charge in [0.05, 0.1) is 11.6 Å². The largest absolute Gasteiger partial charge is 0.510 e. The van der Waals surface area contributed by atoms with Crippen molar-refractivity contribution in [2.24, 2.45) is 17.6 Å². The second-order valence-corrected chi connectivity index (χ2v) is 11.1. The zero-order valence-electron chi connectivity index (χ0n) is 21.9. The number of carbonyl (C=O) groups is 3. The van der Waals surface area contributed by atoms with Crippen molar-refractivity contribution in [1.82, 2.24) is 9.80 Å². The quantitative estimate of drug-likeness (QED) is 0.334. The van der Waals surface area contributed by atoms with Crippen LogP contribution in [0.15, 0.2) is 28.7 Å². The number of nitrogens with two attached hydrogens (primary N) is 1. The van der Waals surface area contributed by atoms with Gasteiger partial charge in [-0.15, -0.1) is 0 Å². The maximum Gasteiger partial charge on any atom is 0.255 e. The molecule has 1 amide bonds. The van der Waals surface area contributed by atoms with Crippen molar-refractivity contribution in [3.05, 3.63) is 51.2 Å². The number of nitrogens with zero attached hydrogens (tertiary/aromatic N) is 2. The predicted molar refractivity (Wildman–Crippen MR) is 134 cm³/mol. The van der Waals surface area contributed by atoms with E-state index in [4.69, 9.17) is 10.5 Å². The summed E-state index contributed by atoms with van der Waals surface area (Å²) in [6.07, 6.45) is 1.27. The number of likely N-dealkylation sites (N-methyl/N-ethyl adjacent to an activating group) is 1. The zero-order chi connectivity index (χ0) is 28.5. The minimum Gasteiger partial charge on any atom is -0.510 e. The van der Waals surface area contributed by atoms with Crippen LogP contribution in [0.25, 0.3) is 0 Å². The van der Waals surface area contributed by atoms with Gasteiger partial charge in [-0.25, -0.2) is 4.39 Å². The predicted octanol–water partition coefficient (Wildman–Crippen LogP) is 0.828. The molecule has 0 radical (unpaired) electrons. The fourth-order valence-electron chi connectivity index (χ4n) is 6.75. The van der Waals surface area contributed by atoms with Crippen molar-refractivity contribution in [3.8, 4) is 5.75 Å². The summed E-state index contributed by atoms with van der Waals surface area (Å²) in [7, 11) is 4.86. The fraction of sp³-hybridized carbons (Fsp3) is 0.519. The SMILES string of the molecule is CN(C)[C@@H]1C(O)=C(C(N)=O)C(=O)[C@@]2(O)C(O)=C3C(=O)c4c(O)cc(CN(C)[C@H]5CCCO5)c(F)c4C[C@H]3C[C@@H]12. The first-order chi connectivity index (χ1) is 18.3. The molecule has 3 aliphatic carbocycles. The fourth-order valence-corrected chi connectivity index (χ4v) is 6.75. The highest BCUT2D eigenvalue weighted by molar-refractivity contribution is 6.24. The Bertz CT molecular complexity index is 1350. The maximum absolute atomic E-state index is 15.9. The normalized spacial score (nSPS) is 30.6. The number of primary amides is 1. The third-order valence-electron chi connectivity index (χ3n) is 8.55. The van der Waals surface area contributed by atoms with Gasteiger partial charge in [-0.05, 0) is 58.8 Å². The molecule has 0 aromatic heterocycles. The van der Waals surface area contributed by atoms with Crippen LogP contribution in [0.5, 0.6) is 5.75 Å². The lowest BCUT2D eigenvalue weighted by molar-refractivity contribution is -0.148. The summed E-state index contributed by atoms with van der Waals surface area (Å²) < 4.78 is 21.5. The van der Waals surface area contributed by atoms with Gasteiger partial charge in [0.1, 0.15) is 34.9 Å². The van der Waals surface area contributed by atoms with Gasteiger partial charge < -0.3 is 30.9 Å². The molecule has 1 aliphatic heterocycles. The second kappa shape index (κ2) is 9.40. The number of phenolic OH excluding ortho intramolecular Hbond substituents is 1. The second-order valence-electron chi connectivity index (χ2n) is 11.1. The molecule has 5 rings (SSSR count). The number of amides is 1. The zero-order valence-corrected chi connectivity index (χ0v) is 21.9. The number of rotatable bonds is 5. The highest BCUT2D eigenvalue weighted by Gasteiger charge is 2.63. The molecule has 210 valence electrons. The van der Waals surface area contributed by atoms with Gasteiger partial charge in [0.25, 0.3) is 5.91 Å². The van der Waals surface area contributed by atoms with Gasteiger partial charge in [-0.1, -0.05) is 0 Å². The van der Waals surface area contributed by atoms with Crippen LogP contribution in [0.1, 0.15) is 40.7 Å². The molecule has 1 aromatic rings. The molecule has 1 saturated heterocycles. The molecular weight excluding hydrogens is 513 g/mol. The number of allylic oxidation sites excluding steroid dienone is 1. The molecule has 6 N–H and O–H groups in total. The van der Waals surface area contributed by atoms with E-state index >= 15 is 4.39 Å². The molecule has 1 fully saturated rings. The summed E-state index contributed by atoms with van der Waals surface area (Å²) >= 11 is 0. The van der Waals surface area contributed by atoms with Gasteiger partial charge >= 0.3 is 0 Å². The van der Waals surface area contributed by atoms with Gasteiger partial charge in [-0.2, -0.15) is 0 Å². The van der Waals surface area contributed by atoms with E-state index < -0.39 is 69.6 Å². The average molecular weight is 546 g/mol. The molecule has 0 bridgehead atoms. The average Bonchev–Trinajstić information content (AvgIpc) is 3.39. The number of halogens is 1. The van der Waals surface area contributed by atoms with E-state index in [0.717, 1.165) is 18.9 Å². The van der Waals surface area contributed by atoms with Crippen LogP contribution in [0.4, 0.5) is 4.39 Å². The minimum absolute atomic E-state index is 0.0242. The molecule has 0 saturated carbocycles. The number of hydrogen-bond acceptors (Lipinski definition) is 10. The van der Waals surface area contributed by atoms with E-state index in [1.807, 2.05) is 4.90 Å². The van der Waals surface area contributed by atoms with Crippen LogP contribution in [0.3, 0.4) is 0 Å². The van der Waals surface area contributed by atoms with Crippen molar-refractivity contribution >= 4 is 17.5 Å². The minimum atomic E-state index is -2.73. The monoisotopic (exact) mass is 545 g/mol. The Balaban J connectivity index is 1.61. The number of aliphatic hydroxyl groups is 3. The topological polar surface area (TPSA) is 174 Å². The number of Topliss-reactive ketones (excluding diaryl/α,β-unsaturated/α-hetero) is 2. The van der Waals surface area contributed by atoms with Crippen LogP contribution in [0.2, 0.25) is 0 Å².